The molecule has 124 valence electrons. The molecule has 23 heavy (non-hydrogen) atoms. The van der Waals surface area contributed by atoms with Gasteiger partial charge in [-0.25, -0.2) is 0 Å². The molecule has 0 N–H and O–H groups in total. The molecule has 0 aliphatic rings. The maximum absolute atomic E-state index is 13.2. The summed E-state index contributed by atoms with van der Waals surface area (Å²) in [6.45, 7) is 3.09. The minimum Gasteiger partial charge on any atom is -0.330 e. The van der Waals surface area contributed by atoms with E-state index in [4.69, 9.17) is 0 Å². The van der Waals surface area contributed by atoms with Crippen molar-refractivity contribution in [2.45, 2.75) is 46.3 Å². The Hall–Kier alpha value is -2.24. The Kier molecular flexibility index (Phi) is 5.47. The predicted octanol–water partition coefficient (Wildman–Crippen LogP) is 4.03. The first-order valence-corrected chi connectivity index (χ1v) is 7.61. The Morgan fingerprint density at radius 1 is 1.26 bits per heavy atom. The van der Waals surface area contributed by atoms with E-state index < -0.39 is 6.55 Å². The minimum atomic E-state index is -2.73. The van der Waals surface area contributed by atoms with E-state index >= 15 is 0 Å². The van der Waals surface area contributed by atoms with Gasteiger partial charge in [-0.2, -0.15) is 8.78 Å². The van der Waals surface area contributed by atoms with Crippen LogP contribution in [0.3, 0.4) is 0 Å². The lowest BCUT2D eigenvalue weighted by atomic mass is 10.1. The molecule has 6 heteroatoms. The van der Waals surface area contributed by atoms with Crippen LogP contribution in [0.25, 0.3) is 0 Å². The average Bonchev–Trinajstić information content (AvgIpc) is 2.94. The number of nitrogens with zero attached hydrogens (tertiary/aromatic N) is 3. The van der Waals surface area contributed by atoms with Gasteiger partial charge in [0.2, 0.25) is 0 Å². The SMILES string of the molecule is CCC(C)N(Cc1ccncc1)C(=O)c1ccc(C)n1C(F)F. The molecule has 0 radical (unpaired) electrons. The number of amides is 1. The average molecular weight is 321 g/mol. The Balaban J connectivity index is 2.34. The molecule has 2 heterocycles. The molecule has 1 atom stereocenters. The van der Waals surface area contributed by atoms with E-state index in [-0.39, 0.29) is 17.6 Å². The van der Waals surface area contributed by atoms with Crippen molar-refractivity contribution in [3.05, 3.63) is 53.6 Å². The summed E-state index contributed by atoms with van der Waals surface area (Å²) in [4.78, 5) is 18.4. The molecule has 0 bridgehead atoms. The standard InChI is InChI=1S/C17H21F2N3O/c1-4-12(2)21(11-14-7-9-20-10-8-14)16(23)15-6-5-13(3)22(15)17(18)19/h5-10,12,17H,4,11H2,1-3H3. The first-order valence-electron chi connectivity index (χ1n) is 7.61. The zero-order valence-corrected chi connectivity index (χ0v) is 13.5. The van der Waals surface area contributed by atoms with Gasteiger partial charge >= 0.3 is 6.55 Å². The number of hydrogen-bond donors (Lipinski definition) is 0. The highest BCUT2D eigenvalue weighted by Gasteiger charge is 2.26. The Morgan fingerprint density at radius 3 is 2.48 bits per heavy atom. The van der Waals surface area contributed by atoms with Crippen LogP contribution < -0.4 is 0 Å². The second-order valence-corrected chi connectivity index (χ2v) is 5.55. The molecular formula is C17H21F2N3O. The number of carbonyl (C=O) groups is 1. The normalized spacial score (nSPS) is 12.4. The Morgan fingerprint density at radius 2 is 1.91 bits per heavy atom. The van der Waals surface area contributed by atoms with Gasteiger partial charge in [-0.3, -0.25) is 14.3 Å². The van der Waals surface area contributed by atoms with Crippen molar-refractivity contribution in [2.24, 2.45) is 0 Å². The van der Waals surface area contributed by atoms with E-state index in [1.807, 2.05) is 26.0 Å². The molecule has 0 aliphatic heterocycles. The van der Waals surface area contributed by atoms with Crippen LogP contribution in [-0.2, 0) is 6.54 Å². The number of aromatic nitrogens is 2. The molecule has 0 spiro atoms. The van der Waals surface area contributed by atoms with Gasteiger partial charge in [0.1, 0.15) is 5.69 Å². The van der Waals surface area contributed by atoms with E-state index in [1.165, 1.54) is 6.07 Å². The zero-order chi connectivity index (χ0) is 17.0. The molecule has 0 fully saturated rings. The maximum atomic E-state index is 13.2. The monoisotopic (exact) mass is 321 g/mol. The van der Waals surface area contributed by atoms with Crippen molar-refractivity contribution >= 4 is 5.91 Å². The van der Waals surface area contributed by atoms with E-state index in [0.29, 0.717) is 12.2 Å². The van der Waals surface area contributed by atoms with Gasteiger partial charge in [-0.1, -0.05) is 6.92 Å². The van der Waals surface area contributed by atoms with Crippen LogP contribution in [0.5, 0.6) is 0 Å². The lowest BCUT2D eigenvalue weighted by Gasteiger charge is -2.29. The van der Waals surface area contributed by atoms with Gasteiger partial charge < -0.3 is 4.90 Å². The van der Waals surface area contributed by atoms with Gasteiger partial charge in [0.15, 0.2) is 0 Å². The Bertz CT molecular complexity index is 655. The molecule has 1 amide bonds. The first-order chi connectivity index (χ1) is 11.0. The van der Waals surface area contributed by atoms with Crippen LogP contribution in [0.2, 0.25) is 0 Å². The van der Waals surface area contributed by atoms with Crippen LogP contribution in [0.1, 0.15) is 48.6 Å². The number of hydrogen-bond acceptors (Lipinski definition) is 2. The highest BCUT2D eigenvalue weighted by molar-refractivity contribution is 5.93. The van der Waals surface area contributed by atoms with Crippen molar-refractivity contribution in [3.63, 3.8) is 0 Å². The van der Waals surface area contributed by atoms with Crippen LogP contribution in [-0.4, -0.2) is 26.4 Å². The minimum absolute atomic E-state index is 0.0202. The summed E-state index contributed by atoms with van der Waals surface area (Å²) in [5, 5.41) is 0. The third kappa shape index (κ3) is 3.75. The molecule has 0 aliphatic carbocycles. The first kappa shape index (κ1) is 17.1. The second kappa shape index (κ2) is 7.35. The highest BCUT2D eigenvalue weighted by atomic mass is 19.3. The lowest BCUT2D eigenvalue weighted by molar-refractivity contribution is 0.0509. The fraction of sp³-hybridized carbons (Fsp3) is 0.412. The number of pyridine rings is 1. The number of alkyl halides is 2. The van der Waals surface area contributed by atoms with Crippen LogP contribution in [0.15, 0.2) is 36.7 Å². The second-order valence-electron chi connectivity index (χ2n) is 5.55. The molecule has 0 saturated carbocycles. The zero-order valence-electron chi connectivity index (χ0n) is 13.5. The molecule has 2 aromatic heterocycles. The lowest BCUT2D eigenvalue weighted by Crippen LogP contribution is -2.39. The fourth-order valence-electron chi connectivity index (χ4n) is 2.46. The van der Waals surface area contributed by atoms with Crippen LogP contribution in [0, 0.1) is 6.92 Å². The molecule has 1 unspecified atom stereocenters. The van der Waals surface area contributed by atoms with Gasteiger partial charge in [0.25, 0.3) is 5.91 Å². The van der Waals surface area contributed by atoms with Gasteiger partial charge in [-0.15, -0.1) is 0 Å². The number of carbonyl (C=O) groups excluding carboxylic acids is 1. The van der Waals surface area contributed by atoms with Crippen molar-refractivity contribution < 1.29 is 13.6 Å². The Labute approximate surface area is 134 Å². The van der Waals surface area contributed by atoms with Gasteiger partial charge in [-0.05, 0) is 50.1 Å². The third-order valence-corrected chi connectivity index (χ3v) is 4.02. The van der Waals surface area contributed by atoms with Crippen molar-refractivity contribution in [1.82, 2.24) is 14.5 Å². The summed E-state index contributed by atoms with van der Waals surface area (Å²) >= 11 is 0. The number of rotatable bonds is 6. The molecule has 2 rings (SSSR count). The molecule has 0 saturated heterocycles. The topological polar surface area (TPSA) is 38.1 Å². The quantitative estimate of drug-likeness (QED) is 0.806. The molecule has 0 aromatic carbocycles. The number of aryl methyl sites for hydroxylation is 1. The summed E-state index contributed by atoms with van der Waals surface area (Å²) in [6, 6.07) is 6.59. The van der Waals surface area contributed by atoms with E-state index in [0.717, 1.165) is 16.6 Å². The van der Waals surface area contributed by atoms with Crippen LogP contribution >= 0.6 is 0 Å². The van der Waals surface area contributed by atoms with Gasteiger partial charge in [0, 0.05) is 30.7 Å². The molecule has 4 nitrogen and oxygen atoms in total. The predicted molar refractivity (Wildman–Crippen MR) is 84.3 cm³/mol. The van der Waals surface area contributed by atoms with E-state index in [1.54, 1.807) is 30.3 Å². The third-order valence-electron chi connectivity index (χ3n) is 4.02. The van der Waals surface area contributed by atoms with E-state index in [2.05, 4.69) is 4.98 Å². The largest absolute Gasteiger partial charge is 0.330 e. The van der Waals surface area contributed by atoms with Crippen molar-refractivity contribution in [2.75, 3.05) is 0 Å². The summed E-state index contributed by atoms with van der Waals surface area (Å²) < 4.78 is 27.3. The summed E-state index contributed by atoms with van der Waals surface area (Å²) in [6.07, 6.45) is 4.05. The molecule has 2 aromatic rings. The number of halogens is 2. The van der Waals surface area contributed by atoms with Crippen molar-refractivity contribution in [1.29, 1.82) is 0 Å². The summed E-state index contributed by atoms with van der Waals surface area (Å²) in [5.74, 6) is -0.385. The summed E-state index contributed by atoms with van der Waals surface area (Å²) in [7, 11) is 0. The smallest absolute Gasteiger partial charge is 0.319 e. The van der Waals surface area contributed by atoms with Gasteiger partial charge in [0.05, 0.1) is 0 Å². The highest BCUT2D eigenvalue weighted by Crippen LogP contribution is 2.22. The fourth-order valence-corrected chi connectivity index (χ4v) is 2.46. The molecular weight excluding hydrogens is 300 g/mol. The van der Waals surface area contributed by atoms with Crippen LogP contribution in [0.4, 0.5) is 8.78 Å². The van der Waals surface area contributed by atoms with Crippen molar-refractivity contribution in [3.8, 4) is 0 Å². The van der Waals surface area contributed by atoms with E-state index in [9.17, 15) is 13.6 Å². The maximum Gasteiger partial charge on any atom is 0.319 e. The summed E-state index contributed by atoms with van der Waals surface area (Å²) in [5.41, 5.74) is 1.31.